The predicted octanol–water partition coefficient (Wildman–Crippen LogP) is 0.312. The summed E-state index contributed by atoms with van der Waals surface area (Å²) in [5.41, 5.74) is 7.93. The van der Waals surface area contributed by atoms with Gasteiger partial charge in [0, 0.05) is 5.75 Å². The lowest BCUT2D eigenvalue weighted by Crippen LogP contribution is -2.33. The van der Waals surface area contributed by atoms with E-state index in [1.165, 1.54) is 22.7 Å². The third-order valence-electron chi connectivity index (χ3n) is 4.43. The number of aromatic nitrogens is 4. The van der Waals surface area contributed by atoms with Crippen molar-refractivity contribution in [3.8, 4) is 0 Å². The molecule has 0 aliphatic carbocycles. The first-order chi connectivity index (χ1) is 13.1. The Hall–Kier alpha value is -2.24. The summed E-state index contributed by atoms with van der Waals surface area (Å²) < 4.78 is 7.07. The van der Waals surface area contributed by atoms with Crippen molar-refractivity contribution in [1.82, 2.24) is 19.5 Å². The highest BCUT2D eigenvalue weighted by atomic mass is 32.2. The van der Waals surface area contributed by atoms with Crippen LogP contribution in [0.15, 0.2) is 41.8 Å². The van der Waals surface area contributed by atoms with E-state index in [0.717, 1.165) is 5.56 Å². The molecule has 3 heterocycles. The highest BCUT2D eigenvalue weighted by Gasteiger charge is 2.44. The van der Waals surface area contributed by atoms with E-state index in [2.05, 4.69) is 15.0 Å². The van der Waals surface area contributed by atoms with Crippen molar-refractivity contribution in [2.24, 2.45) is 0 Å². The lowest BCUT2D eigenvalue weighted by molar-refractivity contribution is -0.0511. The molecule has 1 fully saturated rings. The van der Waals surface area contributed by atoms with Crippen LogP contribution in [0.1, 0.15) is 11.8 Å². The average molecular weight is 389 g/mol. The first-order valence-corrected chi connectivity index (χ1v) is 9.36. The van der Waals surface area contributed by atoms with Gasteiger partial charge in [0.25, 0.3) is 0 Å². The number of nitrogen functional groups attached to an aromatic ring is 1. The number of thioether (sulfide) groups is 1. The zero-order valence-electron chi connectivity index (χ0n) is 14.2. The van der Waals surface area contributed by atoms with E-state index in [9.17, 15) is 15.3 Å². The molecule has 4 rings (SSSR count). The van der Waals surface area contributed by atoms with E-state index in [-0.39, 0.29) is 5.82 Å². The number of aliphatic hydroxyl groups excluding tert-OH is 3. The molecule has 1 aliphatic rings. The largest absolute Gasteiger partial charge is 0.394 e. The van der Waals surface area contributed by atoms with Crippen molar-refractivity contribution < 1.29 is 20.1 Å². The van der Waals surface area contributed by atoms with Gasteiger partial charge in [-0.3, -0.25) is 4.57 Å². The van der Waals surface area contributed by atoms with E-state index in [0.29, 0.717) is 22.1 Å². The van der Waals surface area contributed by atoms with Crippen molar-refractivity contribution in [3.05, 3.63) is 42.2 Å². The Kier molecular flexibility index (Phi) is 4.98. The van der Waals surface area contributed by atoms with Crippen LogP contribution in [0.3, 0.4) is 0 Å². The topological polar surface area (TPSA) is 140 Å². The third-order valence-corrected chi connectivity index (χ3v) is 5.35. The number of rotatable bonds is 5. The summed E-state index contributed by atoms with van der Waals surface area (Å²) in [6.07, 6.45) is -2.81. The zero-order valence-corrected chi connectivity index (χ0v) is 15.0. The molecular weight excluding hydrogens is 370 g/mol. The van der Waals surface area contributed by atoms with Crippen LogP contribution in [0.25, 0.3) is 11.2 Å². The van der Waals surface area contributed by atoms with Gasteiger partial charge in [0.1, 0.15) is 23.8 Å². The summed E-state index contributed by atoms with van der Waals surface area (Å²) in [7, 11) is 0. The number of fused-ring (bicyclic) bond motifs is 1. The maximum Gasteiger partial charge on any atom is 0.191 e. The molecule has 1 aliphatic heterocycles. The van der Waals surface area contributed by atoms with E-state index in [1.54, 1.807) is 0 Å². The average Bonchev–Trinajstić information content (AvgIpc) is 3.23. The van der Waals surface area contributed by atoms with Gasteiger partial charge in [0.05, 0.1) is 12.9 Å². The van der Waals surface area contributed by atoms with Crippen molar-refractivity contribution in [2.75, 3.05) is 12.3 Å². The monoisotopic (exact) mass is 389 g/mol. The molecule has 142 valence electrons. The van der Waals surface area contributed by atoms with Crippen LogP contribution in [0.4, 0.5) is 5.82 Å². The Bertz CT molecular complexity index is 938. The van der Waals surface area contributed by atoms with E-state index in [4.69, 9.17) is 10.5 Å². The molecule has 9 nitrogen and oxygen atoms in total. The Morgan fingerprint density at radius 2 is 1.93 bits per heavy atom. The molecule has 1 unspecified atom stereocenters. The van der Waals surface area contributed by atoms with Gasteiger partial charge >= 0.3 is 0 Å². The molecule has 0 bridgehead atoms. The Morgan fingerprint density at radius 1 is 1.15 bits per heavy atom. The standard InChI is InChI=1S/C17H19N5O4S/c18-14-11-15(21-17(20-14)27-7-9-4-2-1-3-5-9)22(8-19-11)16-13(25)12(24)10(6-23)26-16/h1-5,8,10,12-13,16,23-25H,6-7H2,(H2,18,20,21)/t10-,12?,13+,16-/m1/s1. The number of hydrogen-bond acceptors (Lipinski definition) is 9. The van der Waals surface area contributed by atoms with Gasteiger partial charge in [-0.05, 0) is 5.56 Å². The molecule has 0 saturated carbocycles. The number of nitrogens with two attached hydrogens (primary N) is 1. The van der Waals surface area contributed by atoms with Crippen molar-refractivity contribution in [2.45, 2.75) is 35.4 Å². The molecule has 3 aromatic rings. The molecule has 5 N–H and O–H groups in total. The van der Waals surface area contributed by atoms with Crippen LogP contribution >= 0.6 is 11.8 Å². The fourth-order valence-electron chi connectivity index (χ4n) is 3.00. The molecule has 27 heavy (non-hydrogen) atoms. The predicted molar refractivity (Wildman–Crippen MR) is 98.7 cm³/mol. The number of anilines is 1. The third kappa shape index (κ3) is 3.37. The number of imidazole rings is 1. The van der Waals surface area contributed by atoms with E-state index < -0.39 is 31.1 Å². The summed E-state index contributed by atoms with van der Waals surface area (Å²) in [4.78, 5) is 13.0. The first-order valence-electron chi connectivity index (χ1n) is 8.37. The SMILES string of the molecule is Nc1nc(SCc2ccccc2)nc2c1ncn2[C@@H]1O[C@H](CO)C(O)[C@@H]1O. The van der Waals surface area contributed by atoms with Crippen molar-refractivity contribution in [1.29, 1.82) is 0 Å². The summed E-state index contributed by atoms with van der Waals surface area (Å²) in [5, 5.41) is 30.0. The summed E-state index contributed by atoms with van der Waals surface area (Å²) >= 11 is 1.43. The van der Waals surface area contributed by atoms with E-state index >= 15 is 0 Å². The molecular formula is C17H19N5O4S. The van der Waals surface area contributed by atoms with Crippen LogP contribution in [0.5, 0.6) is 0 Å². The number of benzene rings is 1. The second-order valence-corrected chi connectivity index (χ2v) is 7.16. The lowest BCUT2D eigenvalue weighted by Gasteiger charge is -2.16. The summed E-state index contributed by atoms with van der Waals surface area (Å²) in [6, 6.07) is 9.90. The normalized spacial score (nSPS) is 25.3. The molecule has 4 atom stereocenters. The number of hydrogen-bond donors (Lipinski definition) is 4. The van der Waals surface area contributed by atoms with Gasteiger partial charge < -0.3 is 25.8 Å². The van der Waals surface area contributed by atoms with Gasteiger partial charge in [-0.1, -0.05) is 42.1 Å². The van der Waals surface area contributed by atoms with Gasteiger partial charge in [-0.15, -0.1) is 0 Å². The first kappa shape index (κ1) is 18.1. The molecule has 0 amide bonds. The molecule has 1 aromatic carbocycles. The Balaban J connectivity index is 1.64. The van der Waals surface area contributed by atoms with Crippen molar-refractivity contribution in [3.63, 3.8) is 0 Å². The van der Waals surface area contributed by atoms with Crippen LogP contribution < -0.4 is 5.73 Å². The second kappa shape index (κ2) is 7.41. The van der Waals surface area contributed by atoms with E-state index in [1.807, 2.05) is 30.3 Å². The molecule has 1 saturated heterocycles. The fourth-order valence-corrected chi connectivity index (χ4v) is 3.80. The minimum absolute atomic E-state index is 0.223. The number of ether oxygens (including phenoxy) is 1. The highest BCUT2D eigenvalue weighted by molar-refractivity contribution is 7.98. The van der Waals surface area contributed by atoms with Crippen LogP contribution in [-0.4, -0.2) is 59.8 Å². The summed E-state index contributed by atoms with van der Waals surface area (Å²) in [5.74, 6) is 0.898. The van der Waals surface area contributed by atoms with Crippen LogP contribution in [0.2, 0.25) is 0 Å². The maximum atomic E-state index is 10.3. The zero-order chi connectivity index (χ0) is 19.0. The highest BCUT2D eigenvalue weighted by Crippen LogP contribution is 2.32. The Labute approximate surface area is 158 Å². The molecule has 10 heteroatoms. The lowest BCUT2D eigenvalue weighted by atomic mass is 10.1. The Morgan fingerprint density at radius 3 is 2.63 bits per heavy atom. The summed E-state index contributed by atoms with van der Waals surface area (Å²) in [6.45, 7) is -0.406. The molecule has 0 spiro atoms. The molecule has 0 radical (unpaired) electrons. The van der Waals surface area contributed by atoms with Gasteiger partial charge in [-0.2, -0.15) is 0 Å². The van der Waals surface area contributed by atoms with Gasteiger partial charge in [0.2, 0.25) is 0 Å². The molecule has 2 aromatic heterocycles. The maximum absolute atomic E-state index is 10.3. The minimum atomic E-state index is -1.23. The number of nitrogens with zero attached hydrogens (tertiary/aromatic N) is 4. The fraction of sp³-hybridized carbons (Fsp3) is 0.353. The second-order valence-electron chi connectivity index (χ2n) is 6.22. The smallest absolute Gasteiger partial charge is 0.191 e. The van der Waals surface area contributed by atoms with Crippen molar-refractivity contribution >= 4 is 28.7 Å². The number of aliphatic hydroxyl groups is 3. The van der Waals surface area contributed by atoms with Crippen LogP contribution in [0, 0.1) is 0 Å². The van der Waals surface area contributed by atoms with Gasteiger partial charge in [0.15, 0.2) is 22.8 Å². The quantitative estimate of drug-likeness (QED) is 0.358. The van der Waals surface area contributed by atoms with Crippen LogP contribution in [-0.2, 0) is 10.5 Å². The van der Waals surface area contributed by atoms with Gasteiger partial charge in [-0.25, -0.2) is 15.0 Å². The minimum Gasteiger partial charge on any atom is -0.394 e.